The van der Waals surface area contributed by atoms with Crippen LogP contribution < -0.4 is 9.88 Å². The van der Waals surface area contributed by atoms with Gasteiger partial charge in [0.2, 0.25) is 10.0 Å². The molecule has 0 bridgehead atoms. The van der Waals surface area contributed by atoms with E-state index in [1.54, 1.807) is 31.4 Å². The quantitative estimate of drug-likeness (QED) is 0.853. The van der Waals surface area contributed by atoms with Gasteiger partial charge in [0.1, 0.15) is 12.4 Å². The molecule has 0 spiro atoms. The van der Waals surface area contributed by atoms with Crippen LogP contribution in [0.5, 0.6) is 5.75 Å². The van der Waals surface area contributed by atoms with E-state index in [-0.39, 0.29) is 11.5 Å². The number of carbonyl (C=O) groups excluding carboxylic acids is 1. The highest BCUT2D eigenvalue weighted by molar-refractivity contribution is 7.89. The first-order valence-electron chi connectivity index (χ1n) is 7.08. The number of hydrogen-bond acceptors (Lipinski definition) is 5. The first kappa shape index (κ1) is 16.2. The van der Waals surface area contributed by atoms with Crippen LogP contribution in [0, 0.1) is 0 Å². The van der Waals surface area contributed by atoms with Crippen LogP contribution in [0.2, 0.25) is 0 Å². The number of nitrogens with two attached hydrogens (primary N) is 1. The monoisotopic (exact) mass is 345 g/mol. The van der Waals surface area contributed by atoms with E-state index in [0.29, 0.717) is 16.9 Å². The molecule has 0 aliphatic carbocycles. The number of cyclic esters (lactones) is 1. The van der Waals surface area contributed by atoms with Crippen LogP contribution in [0.15, 0.2) is 53.4 Å². The van der Waals surface area contributed by atoms with Crippen LogP contribution in [-0.2, 0) is 19.6 Å². The van der Waals surface area contributed by atoms with E-state index in [0.717, 1.165) is 11.1 Å². The van der Waals surface area contributed by atoms with Gasteiger partial charge < -0.3 is 9.47 Å². The van der Waals surface area contributed by atoms with Crippen molar-refractivity contribution < 1.29 is 22.7 Å². The molecule has 7 heteroatoms. The summed E-state index contributed by atoms with van der Waals surface area (Å²) in [6.07, 6.45) is 0. The van der Waals surface area contributed by atoms with Gasteiger partial charge in [-0.1, -0.05) is 24.3 Å². The zero-order chi connectivity index (χ0) is 17.3. The van der Waals surface area contributed by atoms with Gasteiger partial charge in [-0.05, 0) is 35.4 Å². The molecule has 0 atom stereocenters. The van der Waals surface area contributed by atoms with E-state index in [2.05, 4.69) is 0 Å². The Labute approximate surface area is 139 Å². The third-order valence-electron chi connectivity index (χ3n) is 3.76. The van der Waals surface area contributed by atoms with E-state index in [1.165, 1.54) is 12.1 Å². The van der Waals surface area contributed by atoms with Crippen molar-refractivity contribution in [3.05, 3.63) is 59.7 Å². The fourth-order valence-electron chi connectivity index (χ4n) is 2.53. The lowest BCUT2D eigenvalue weighted by atomic mass is 9.97. The van der Waals surface area contributed by atoms with Crippen LogP contribution in [0.4, 0.5) is 0 Å². The van der Waals surface area contributed by atoms with E-state index in [4.69, 9.17) is 14.6 Å². The molecule has 124 valence electrons. The molecule has 0 amide bonds. The Hall–Kier alpha value is -2.64. The molecular weight excluding hydrogens is 330 g/mol. The van der Waals surface area contributed by atoms with Gasteiger partial charge in [-0.3, -0.25) is 0 Å². The molecule has 2 aromatic rings. The molecule has 0 aromatic heterocycles. The first-order valence-corrected chi connectivity index (χ1v) is 8.63. The summed E-state index contributed by atoms with van der Waals surface area (Å²) in [7, 11) is -2.20. The Morgan fingerprint density at radius 1 is 1.00 bits per heavy atom. The van der Waals surface area contributed by atoms with Crippen molar-refractivity contribution in [1.29, 1.82) is 0 Å². The predicted molar refractivity (Wildman–Crippen MR) is 88.6 cm³/mol. The SMILES string of the molecule is COc1ccc(C2=C(c3ccc(S(N)(=O)=O)cc3)C(=O)OC2)cc1. The van der Waals surface area contributed by atoms with Crippen molar-refractivity contribution in [3.8, 4) is 5.75 Å². The Bertz CT molecular complexity index is 912. The smallest absolute Gasteiger partial charge is 0.339 e. The summed E-state index contributed by atoms with van der Waals surface area (Å²) in [4.78, 5) is 12.1. The molecule has 1 aliphatic heterocycles. The number of rotatable bonds is 4. The number of esters is 1. The third-order valence-corrected chi connectivity index (χ3v) is 4.69. The van der Waals surface area contributed by atoms with Crippen LogP contribution in [0.3, 0.4) is 0 Å². The van der Waals surface area contributed by atoms with Gasteiger partial charge in [-0.15, -0.1) is 0 Å². The molecule has 1 aliphatic rings. The fourth-order valence-corrected chi connectivity index (χ4v) is 3.04. The van der Waals surface area contributed by atoms with Crippen LogP contribution >= 0.6 is 0 Å². The molecule has 0 radical (unpaired) electrons. The van der Waals surface area contributed by atoms with Gasteiger partial charge in [0.25, 0.3) is 0 Å². The van der Waals surface area contributed by atoms with Crippen LogP contribution in [-0.4, -0.2) is 28.1 Å². The fraction of sp³-hybridized carbons (Fsp3) is 0.118. The van der Waals surface area contributed by atoms with Gasteiger partial charge >= 0.3 is 5.97 Å². The molecule has 3 rings (SSSR count). The molecule has 0 unspecified atom stereocenters. The molecule has 2 aromatic carbocycles. The summed E-state index contributed by atoms with van der Waals surface area (Å²) in [6.45, 7) is 0.164. The topological polar surface area (TPSA) is 95.7 Å². The number of ether oxygens (including phenoxy) is 2. The largest absolute Gasteiger partial charge is 0.497 e. The Morgan fingerprint density at radius 3 is 2.12 bits per heavy atom. The summed E-state index contributed by atoms with van der Waals surface area (Å²) >= 11 is 0. The summed E-state index contributed by atoms with van der Waals surface area (Å²) in [5.41, 5.74) is 2.58. The molecule has 0 saturated heterocycles. The summed E-state index contributed by atoms with van der Waals surface area (Å²) < 4.78 is 33.0. The maximum Gasteiger partial charge on any atom is 0.339 e. The van der Waals surface area contributed by atoms with Crippen LogP contribution in [0.25, 0.3) is 11.1 Å². The average Bonchev–Trinajstić information content (AvgIpc) is 2.96. The van der Waals surface area contributed by atoms with Crippen molar-refractivity contribution in [2.24, 2.45) is 5.14 Å². The summed E-state index contributed by atoms with van der Waals surface area (Å²) in [6, 6.07) is 13.1. The Morgan fingerprint density at radius 2 is 1.58 bits per heavy atom. The van der Waals surface area contributed by atoms with Crippen LogP contribution in [0.1, 0.15) is 11.1 Å². The molecule has 24 heavy (non-hydrogen) atoms. The summed E-state index contributed by atoms with van der Waals surface area (Å²) in [5.74, 6) is 0.271. The van der Waals surface area contributed by atoms with Gasteiger partial charge in [0, 0.05) is 5.57 Å². The lowest BCUT2D eigenvalue weighted by molar-refractivity contribution is -0.133. The lowest BCUT2D eigenvalue weighted by Crippen LogP contribution is -2.12. The van der Waals surface area contributed by atoms with E-state index in [9.17, 15) is 13.2 Å². The Balaban J connectivity index is 2.06. The van der Waals surface area contributed by atoms with Crippen molar-refractivity contribution in [1.82, 2.24) is 0 Å². The predicted octanol–water partition coefficient (Wildman–Crippen LogP) is 1.81. The Kier molecular flexibility index (Phi) is 4.13. The standard InChI is InChI=1S/C17H15NO5S/c1-22-13-6-2-11(3-7-13)15-10-23-17(19)16(15)12-4-8-14(9-5-12)24(18,20)21/h2-9H,10H2,1H3,(H2,18,20,21). The average molecular weight is 345 g/mol. The minimum absolute atomic E-state index is 0.00999. The maximum absolute atomic E-state index is 12.1. The highest BCUT2D eigenvalue weighted by atomic mass is 32.2. The zero-order valence-electron chi connectivity index (χ0n) is 12.9. The van der Waals surface area contributed by atoms with Gasteiger partial charge in [0.15, 0.2) is 0 Å². The number of carbonyl (C=O) groups is 1. The van der Waals surface area contributed by atoms with Gasteiger partial charge in [0.05, 0.1) is 17.6 Å². The highest BCUT2D eigenvalue weighted by Gasteiger charge is 2.27. The lowest BCUT2D eigenvalue weighted by Gasteiger charge is -2.06. The van der Waals surface area contributed by atoms with Gasteiger partial charge in [-0.25, -0.2) is 18.4 Å². The zero-order valence-corrected chi connectivity index (χ0v) is 13.7. The van der Waals surface area contributed by atoms with E-state index in [1.807, 2.05) is 12.1 Å². The van der Waals surface area contributed by atoms with E-state index >= 15 is 0 Å². The maximum atomic E-state index is 12.1. The van der Waals surface area contributed by atoms with Crippen molar-refractivity contribution in [2.45, 2.75) is 4.90 Å². The van der Waals surface area contributed by atoms with Crippen molar-refractivity contribution in [3.63, 3.8) is 0 Å². The van der Waals surface area contributed by atoms with Crippen molar-refractivity contribution >= 4 is 27.1 Å². The number of primary sulfonamides is 1. The number of methoxy groups -OCH3 is 1. The minimum atomic E-state index is -3.78. The molecular formula is C17H15NO5S. The molecule has 6 nitrogen and oxygen atoms in total. The third kappa shape index (κ3) is 3.04. The summed E-state index contributed by atoms with van der Waals surface area (Å²) in [5, 5.41) is 5.09. The van der Waals surface area contributed by atoms with Crippen molar-refractivity contribution in [2.75, 3.05) is 13.7 Å². The first-order chi connectivity index (χ1) is 11.4. The highest BCUT2D eigenvalue weighted by Crippen LogP contribution is 2.33. The normalized spacial score (nSPS) is 14.7. The van der Waals surface area contributed by atoms with Gasteiger partial charge in [-0.2, -0.15) is 0 Å². The molecule has 0 saturated carbocycles. The minimum Gasteiger partial charge on any atom is -0.497 e. The van der Waals surface area contributed by atoms with E-state index < -0.39 is 16.0 Å². The second kappa shape index (κ2) is 6.10. The molecule has 2 N–H and O–H groups in total. The second-order valence-electron chi connectivity index (χ2n) is 5.23. The number of hydrogen-bond donors (Lipinski definition) is 1. The molecule has 1 heterocycles. The molecule has 0 fully saturated rings. The second-order valence-corrected chi connectivity index (χ2v) is 6.79. The number of sulfonamides is 1. The number of benzene rings is 2.